The maximum Gasteiger partial charge on any atom is 0.0618 e. The molecule has 1 aromatic rings. The third-order valence-corrected chi connectivity index (χ3v) is 5.15. The summed E-state index contributed by atoms with van der Waals surface area (Å²) in [5, 5.41) is 13.0. The highest BCUT2D eigenvalue weighted by Crippen LogP contribution is 2.29. The zero-order valence-electron chi connectivity index (χ0n) is 12.0. The van der Waals surface area contributed by atoms with Crippen LogP contribution in [0, 0.1) is 0 Å². The quantitative estimate of drug-likeness (QED) is 0.753. The van der Waals surface area contributed by atoms with Gasteiger partial charge in [-0.2, -0.15) is 0 Å². The predicted octanol–water partition coefficient (Wildman–Crippen LogP) is 3.02. The van der Waals surface area contributed by atoms with Crippen molar-refractivity contribution < 1.29 is 5.11 Å². The topological polar surface area (TPSA) is 32.3 Å². The number of nitrogens with one attached hydrogen (secondary N) is 1. The molecule has 2 rings (SSSR count). The van der Waals surface area contributed by atoms with Crippen molar-refractivity contribution in [1.82, 2.24) is 5.32 Å². The number of aliphatic hydroxyl groups is 1. The highest BCUT2D eigenvalue weighted by Gasteiger charge is 2.22. The molecule has 19 heavy (non-hydrogen) atoms. The van der Waals surface area contributed by atoms with Crippen LogP contribution in [0.25, 0.3) is 0 Å². The standard InChI is InChI=1S/C16H25NOS/c1-3-9-17-16(2,11-18)12-19-15-8-7-13-5-4-6-14(13)10-15/h7-8,10,17-18H,3-6,9,11-12H2,1-2H3. The second-order valence-electron chi connectivity index (χ2n) is 5.72. The molecular weight excluding hydrogens is 254 g/mol. The average molecular weight is 279 g/mol. The van der Waals surface area contributed by atoms with Crippen molar-refractivity contribution in [2.75, 3.05) is 18.9 Å². The summed E-state index contributed by atoms with van der Waals surface area (Å²) in [6, 6.07) is 6.84. The number of aliphatic hydroxyl groups excluding tert-OH is 1. The van der Waals surface area contributed by atoms with Crippen LogP contribution in [-0.2, 0) is 12.8 Å². The molecule has 0 aliphatic heterocycles. The second-order valence-corrected chi connectivity index (χ2v) is 6.77. The molecule has 1 aliphatic carbocycles. The van der Waals surface area contributed by atoms with Crippen LogP contribution in [0.15, 0.2) is 23.1 Å². The first-order valence-corrected chi connectivity index (χ1v) is 8.26. The summed E-state index contributed by atoms with van der Waals surface area (Å²) in [5.41, 5.74) is 2.87. The van der Waals surface area contributed by atoms with Crippen LogP contribution >= 0.6 is 11.8 Å². The Bertz CT molecular complexity index is 421. The largest absolute Gasteiger partial charge is 0.394 e. The maximum absolute atomic E-state index is 9.57. The lowest BCUT2D eigenvalue weighted by molar-refractivity contribution is 0.192. The van der Waals surface area contributed by atoms with Crippen LogP contribution < -0.4 is 5.32 Å². The smallest absolute Gasteiger partial charge is 0.0618 e. The second kappa shape index (κ2) is 6.78. The minimum Gasteiger partial charge on any atom is -0.394 e. The fourth-order valence-electron chi connectivity index (χ4n) is 2.46. The van der Waals surface area contributed by atoms with E-state index in [1.165, 1.54) is 35.3 Å². The van der Waals surface area contributed by atoms with Gasteiger partial charge in [-0.1, -0.05) is 13.0 Å². The van der Waals surface area contributed by atoms with Gasteiger partial charge >= 0.3 is 0 Å². The minimum absolute atomic E-state index is 0.181. The van der Waals surface area contributed by atoms with E-state index in [1.54, 1.807) is 0 Å². The summed E-state index contributed by atoms with van der Waals surface area (Å²) < 4.78 is 0. The first-order valence-electron chi connectivity index (χ1n) is 7.27. The van der Waals surface area contributed by atoms with Gasteiger partial charge in [0.1, 0.15) is 0 Å². The third kappa shape index (κ3) is 3.98. The Morgan fingerprint density at radius 3 is 2.84 bits per heavy atom. The first kappa shape index (κ1) is 14.9. The van der Waals surface area contributed by atoms with Gasteiger partial charge in [0.05, 0.1) is 6.61 Å². The van der Waals surface area contributed by atoms with Gasteiger partial charge in [0.15, 0.2) is 0 Å². The van der Waals surface area contributed by atoms with E-state index < -0.39 is 0 Å². The summed E-state index contributed by atoms with van der Waals surface area (Å²) in [6.45, 7) is 5.40. The van der Waals surface area contributed by atoms with Gasteiger partial charge in [0.25, 0.3) is 0 Å². The Hall–Kier alpha value is -0.510. The molecule has 0 radical (unpaired) electrons. The molecule has 2 N–H and O–H groups in total. The molecule has 0 heterocycles. The van der Waals surface area contributed by atoms with Crippen molar-refractivity contribution in [3.05, 3.63) is 29.3 Å². The van der Waals surface area contributed by atoms with Crippen molar-refractivity contribution >= 4 is 11.8 Å². The van der Waals surface area contributed by atoms with E-state index in [0.717, 1.165) is 18.7 Å². The number of thioether (sulfide) groups is 1. The maximum atomic E-state index is 9.57. The molecule has 0 amide bonds. The van der Waals surface area contributed by atoms with E-state index >= 15 is 0 Å². The molecule has 0 aromatic heterocycles. The van der Waals surface area contributed by atoms with Crippen LogP contribution in [0.4, 0.5) is 0 Å². The number of fused-ring (bicyclic) bond motifs is 1. The fraction of sp³-hybridized carbons (Fsp3) is 0.625. The Morgan fingerprint density at radius 1 is 1.32 bits per heavy atom. The van der Waals surface area contributed by atoms with Crippen molar-refractivity contribution in [3.8, 4) is 0 Å². The van der Waals surface area contributed by atoms with Crippen molar-refractivity contribution in [2.45, 2.75) is 50.0 Å². The normalized spacial score (nSPS) is 17.2. The summed E-state index contributed by atoms with van der Waals surface area (Å²) in [6.07, 6.45) is 4.87. The van der Waals surface area contributed by atoms with Crippen LogP contribution in [0.5, 0.6) is 0 Å². The van der Waals surface area contributed by atoms with Crippen molar-refractivity contribution in [3.63, 3.8) is 0 Å². The Kier molecular flexibility index (Phi) is 5.31. The van der Waals surface area contributed by atoms with Gasteiger partial charge in [0.2, 0.25) is 0 Å². The van der Waals surface area contributed by atoms with Gasteiger partial charge < -0.3 is 10.4 Å². The minimum atomic E-state index is -0.181. The van der Waals surface area contributed by atoms with E-state index in [4.69, 9.17) is 0 Å². The monoisotopic (exact) mass is 279 g/mol. The number of rotatable bonds is 7. The zero-order chi connectivity index (χ0) is 13.7. The van der Waals surface area contributed by atoms with Crippen LogP contribution in [0.1, 0.15) is 37.8 Å². The number of aryl methyl sites for hydroxylation is 2. The predicted molar refractivity (Wildman–Crippen MR) is 83.0 cm³/mol. The third-order valence-electron chi connectivity index (χ3n) is 3.78. The van der Waals surface area contributed by atoms with Gasteiger partial charge in [0, 0.05) is 16.2 Å². The molecule has 0 saturated carbocycles. The zero-order valence-corrected chi connectivity index (χ0v) is 12.9. The Morgan fingerprint density at radius 2 is 2.11 bits per heavy atom. The summed E-state index contributed by atoms with van der Waals surface area (Å²) in [5.74, 6) is 0.905. The molecule has 3 heteroatoms. The first-order chi connectivity index (χ1) is 9.17. The van der Waals surface area contributed by atoms with Crippen molar-refractivity contribution in [2.24, 2.45) is 0 Å². The molecule has 0 spiro atoms. The summed E-state index contributed by atoms with van der Waals surface area (Å²) in [7, 11) is 0. The SMILES string of the molecule is CCCNC(C)(CO)CSc1ccc2c(c1)CCC2. The average Bonchev–Trinajstić information content (AvgIpc) is 2.90. The highest BCUT2D eigenvalue weighted by molar-refractivity contribution is 7.99. The Labute approximate surface area is 121 Å². The van der Waals surface area contributed by atoms with E-state index in [1.807, 2.05) is 11.8 Å². The molecule has 2 nitrogen and oxygen atoms in total. The summed E-state index contributed by atoms with van der Waals surface area (Å²) in [4.78, 5) is 1.33. The molecule has 1 aliphatic rings. The molecule has 106 valence electrons. The lowest BCUT2D eigenvalue weighted by atomic mass is 10.1. The van der Waals surface area contributed by atoms with E-state index in [2.05, 4.69) is 37.4 Å². The van der Waals surface area contributed by atoms with Gasteiger partial charge in [-0.3, -0.25) is 0 Å². The van der Waals surface area contributed by atoms with Crippen LogP contribution in [0.2, 0.25) is 0 Å². The van der Waals surface area contributed by atoms with Gasteiger partial charge in [-0.25, -0.2) is 0 Å². The molecule has 0 bridgehead atoms. The van der Waals surface area contributed by atoms with Crippen LogP contribution in [0.3, 0.4) is 0 Å². The Balaban J connectivity index is 1.93. The number of hydrogen-bond donors (Lipinski definition) is 2. The molecule has 1 atom stereocenters. The lowest BCUT2D eigenvalue weighted by Gasteiger charge is -2.28. The van der Waals surface area contributed by atoms with Crippen molar-refractivity contribution in [1.29, 1.82) is 0 Å². The lowest BCUT2D eigenvalue weighted by Crippen LogP contribution is -2.48. The van der Waals surface area contributed by atoms with Gasteiger partial charge in [-0.05, 0) is 62.4 Å². The van der Waals surface area contributed by atoms with Crippen LogP contribution in [-0.4, -0.2) is 29.5 Å². The van der Waals surface area contributed by atoms with Gasteiger partial charge in [-0.15, -0.1) is 11.8 Å². The summed E-state index contributed by atoms with van der Waals surface area (Å²) >= 11 is 1.85. The van der Waals surface area contributed by atoms with E-state index in [0.29, 0.717) is 0 Å². The highest BCUT2D eigenvalue weighted by atomic mass is 32.2. The number of hydrogen-bond acceptors (Lipinski definition) is 3. The number of benzene rings is 1. The van der Waals surface area contributed by atoms with E-state index in [9.17, 15) is 5.11 Å². The fourth-order valence-corrected chi connectivity index (χ4v) is 3.53. The molecule has 0 saturated heterocycles. The molecule has 1 aromatic carbocycles. The molecular formula is C16H25NOS. The molecule has 1 unspecified atom stereocenters. The molecule has 0 fully saturated rings. The van der Waals surface area contributed by atoms with E-state index in [-0.39, 0.29) is 12.1 Å².